The maximum atomic E-state index is 11.6. The number of benzene rings is 1. The van der Waals surface area contributed by atoms with Crippen LogP contribution in [-0.2, 0) is 58.7 Å². The molecule has 0 spiro atoms. The van der Waals surface area contributed by atoms with Crippen LogP contribution in [0.5, 0.6) is 0 Å². The van der Waals surface area contributed by atoms with Gasteiger partial charge < -0.3 is 57.4 Å². The average molecular weight is 802 g/mol. The zero-order chi connectivity index (χ0) is 34.3. The number of hydrogen-bond donors (Lipinski definition) is 1. The summed E-state index contributed by atoms with van der Waals surface area (Å²) in [6, 6.07) is 9.52. The number of alkyl carbamates (subject to hydrolysis) is 1. The normalized spacial score (nSPS) is 11.3. The van der Waals surface area contributed by atoms with Crippen LogP contribution in [0.4, 0.5) is 4.79 Å². The fraction of sp³-hybridized carbons (Fsp3) is 0.794. The molecule has 0 unspecified atom stereocenters. The third-order valence-electron chi connectivity index (χ3n) is 6.25. The van der Waals surface area contributed by atoms with Crippen LogP contribution in [-0.4, -0.2) is 149 Å². The van der Waals surface area contributed by atoms with E-state index in [2.05, 4.69) is 27.9 Å². The van der Waals surface area contributed by atoms with Gasteiger partial charge in [-0.2, -0.15) is 0 Å². The summed E-state index contributed by atoms with van der Waals surface area (Å²) in [5.74, 6) is 0. The Morgan fingerprint density at radius 2 is 0.812 bits per heavy atom. The van der Waals surface area contributed by atoms with Crippen molar-refractivity contribution in [1.82, 2.24) is 5.32 Å². The largest absolute Gasteiger partial charge is 0.445 e. The second kappa shape index (κ2) is 38.6. The minimum atomic E-state index is -0.467. The monoisotopic (exact) mass is 801 g/mol. The fourth-order valence-electron chi connectivity index (χ4n) is 3.73. The fourth-order valence-corrected chi connectivity index (χ4v) is 4.27. The number of nitrogens with one attached hydrogen (secondary N) is 1. The van der Waals surface area contributed by atoms with Gasteiger partial charge in [0.15, 0.2) is 0 Å². The maximum Gasteiger partial charge on any atom is 0.407 e. The smallest absolute Gasteiger partial charge is 0.407 e. The number of amides is 1. The second-order valence-corrected chi connectivity index (χ2v) is 11.3. The van der Waals surface area contributed by atoms with Crippen molar-refractivity contribution >= 4 is 28.7 Å². The topological polar surface area (TPSA) is 131 Å². The number of hydrogen-bond acceptors (Lipinski definition) is 12. The number of alkyl halides is 1. The molecule has 48 heavy (non-hydrogen) atoms. The molecule has 1 amide bonds. The molecule has 1 N–H and O–H groups in total. The number of carbonyl (C=O) groups excluding carboxylic acids is 1. The van der Waals surface area contributed by atoms with E-state index in [9.17, 15) is 4.79 Å². The minimum Gasteiger partial charge on any atom is -0.445 e. The predicted molar refractivity (Wildman–Crippen MR) is 190 cm³/mol. The Morgan fingerprint density at radius 1 is 0.458 bits per heavy atom. The molecule has 13 nitrogen and oxygen atoms in total. The lowest BCUT2D eigenvalue weighted by Crippen LogP contribution is -2.28. The summed E-state index contributed by atoms with van der Waals surface area (Å²) in [5.41, 5.74) is 0.940. The van der Waals surface area contributed by atoms with Gasteiger partial charge in [-0.1, -0.05) is 65.8 Å². The first-order valence-electron chi connectivity index (χ1n) is 17.1. The Kier molecular flexibility index (Phi) is 36.1. The van der Waals surface area contributed by atoms with E-state index in [1.807, 2.05) is 30.3 Å². The first-order valence-corrected chi connectivity index (χ1v) is 18.6. The molecule has 0 aliphatic carbocycles. The van der Waals surface area contributed by atoms with Crippen molar-refractivity contribution in [3.05, 3.63) is 35.9 Å². The van der Waals surface area contributed by atoms with E-state index < -0.39 is 6.09 Å². The van der Waals surface area contributed by atoms with Crippen LogP contribution in [0.15, 0.2) is 30.3 Å². The quantitative estimate of drug-likeness (QED) is 0.0588. The second-order valence-electron chi connectivity index (χ2n) is 10.2. The van der Waals surface area contributed by atoms with Gasteiger partial charge in [0.25, 0.3) is 0 Å². The lowest BCUT2D eigenvalue weighted by atomic mass is 10.2. The van der Waals surface area contributed by atoms with Crippen molar-refractivity contribution in [1.29, 1.82) is 0 Å². The zero-order valence-electron chi connectivity index (χ0n) is 28.8. The van der Waals surface area contributed by atoms with Crippen LogP contribution < -0.4 is 5.32 Å². The van der Waals surface area contributed by atoms with Gasteiger partial charge in [0, 0.05) is 13.2 Å². The van der Waals surface area contributed by atoms with Crippen LogP contribution in [0.25, 0.3) is 0 Å². The first-order chi connectivity index (χ1) is 23.8. The van der Waals surface area contributed by atoms with Gasteiger partial charge in [0.2, 0.25) is 0 Å². The molecule has 14 heteroatoms. The summed E-state index contributed by atoms with van der Waals surface area (Å²) in [7, 11) is 0. The molecule has 0 aromatic heterocycles. The highest BCUT2D eigenvalue weighted by atomic mass is 127. The molecule has 0 bridgehead atoms. The summed E-state index contributed by atoms with van der Waals surface area (Å²) < 4.78 is 61.2. The van der Waals surface area contributed by atoms with E-state index in [-0.39, 0.29) is 6.61 Å². The van der Waals surface area contributed by atoms with Crippen molar-refractivity contribution in [2.24, 2.45) is 0 Å². The molecule has 1 rings (SSSR count). The van der Waals surface area contributed by atoms with Gasteiger partial charge in [0.1, 0.15) is 6.61 Å². The van der Waals surface area contributed by atoms with Gasteiger partial charge in [-0.05, 0) is 22.8 Å². The Morgan fingerprint density at radius 3 is 1.21 bits per heavy atom. The third-order valence-corrected chi connectivity index (χ3v) is 7.01. The van der Waals surface area contributed by atoms with Gasteiger partial charge in [-0.25, -0.2) is 4.79 Å². The number of carbonyl (C=O) groups is 1. The number of halogens is 1. The highest BCUT2D eigenvalue weighted by Gasteiger charge is 2.02. The predicted octanol–water partition coefficient (Wildman–Crippen LogP) is 4.07. The number of unbranched alkanes of at least 4 members (excludes halogenated alkanes) is 3. The van der Waals surface area contributed by atoms with E-state index in [4.69, 9.17) is 52.1 Å². The van der Waals surface area contributed by atoms with Crippen LogP contribution in [0.2, 0.25) is 0 Å². The highest BCUT2D eigenvalue weighted by Crippen LogP contribution is 2.02. The van der Waals surface area contributed by atoms with Crippen molar-refractivity contribution in [3.63, 3.8) is 0 Å². The SMILES string of the molecule is O=C(NCCOCCOCCOCCOCCOCCOCCOCCOCCOCCOCCCCCCI)OCc1ccccc1. The molecule has 0 aliphatic rings. The standard InChI is InChI=1S/C34H60INO12/c35-10-6-1-2-7-12-38-14-16-40-18-20-42-22-24-44-26-28-46-30-31-47-29-27-45-25-23-43-21-19-41-17-15-39-13-11-36-34(37)48-32-33-8-4-3-5-9-33/h3-5,8-9H,1-2,6-7,10-32H2,(H,36,37). The molecule has 280 valence electrons. The molecular weight excluding hydrogens is 741 g/mol. The summed E-state index contributed by atoms with van der Waals surface area (Å²) in [6.07, 6.45) is 4.50. The molecule has 1 aromatic rings. The molecule has 0 saturated heterocycles. The van der Waals surface area contributed by atoms with Crippen molar-refractivity contribution in [2.45, 2.75) is 32.3 Å². The van der Waals surface area contributed by atoms with Crippen LogP contribution in [0.3, 0.4) is 0 Å². The number of rotatable bonds is 38. The minimum absolute atomic E-state index is 0.240. The van der Waals surface area contributed by atoms with E-state index >= 15 is 0 Å². The van der Waals surface area contributed by atoms with Gasteiger partial charge in [0.05, 0.1) is 126 Å². The van der Waals surface area contributed by atoms with E-state index in [0.717, 1.165) is 18.6 Å². The summed E-state index contributed by atoms with van der Waals surface area (Å²) in [5, 5.41) is 2.64. The van der Waals surface area contributed by atoms with E-state index in [1.54, 1.807) is 0 Å². The average Bonchev–Trinajstić information content (AvgIpc) is 3.11. The number of ether oxygens (including phenoxy) is 11. The molecule has 0 radical (unpaired) electrons. The molecule has 0 aliphatic heterocycles. The Bertz CT molecular complexity index is 784. The van der Waals surface area contributed by atoms with Crippen molar-refractivity contribution in [3.8, 4) is 0 Å². The van der Waals surface area contributed by atoms with Crippen LogP contribution >= 0.6 is 22.6 Å². The lowest BCUT2D eigenvalue weighted by molar-refractivity contribution is -0.0264. The molecular formula is C34H60INO12. The maximum absolute atomic E-state index is 11.6. The summed E-state index contributed by atoms with van der Waals surface area (Å²) in [6.45, 7) is 11.1. The zero-order valence-corrected chi connectivity index (χ0v) is 30.9. The molecule has 1 aromatic carbocycles. The molecule has 0 heterocycles. The van der Waals surface area contributed by atoms with Crippen molar-refractivity contribution in [2.75, 3.05) is 143 Å². The first kappa shape index (κ1) is 44.8. The summed E-state index contributed by atoms with van der Waals surface area (Å²) in [4.78, 5) is 11.6. The van der Waals surface area contributed by atoms with Crippen LogP contribution in [0, 0.1) is 0 Å². The van der Waals surface area contributed by atoms with Gasteiger partial charge >= 0.3 is 6.09 Å². The molecule has 0 atom stereocenters. The lowest BCUT2D eigenvalue weighted by Gasteiger charge is -2.09. The Labute approximate surface area is 301 Å². The Balaban J connectivity index is 1.63. The molecule has 0 fully saturated rings. The van der Waals surface area contributed by atoms with Gasteiger partial charge in [-0.3, -0.25) is 0 Å². The Hall–Kier alpha value is -1.18. The third kappa shape index (κ3) is 34.7. The van der Waals surface area contributed by atoms with Crippen LogP contribution in [0.1, 0.15) is 31.2 Å². The van der Waals surface area contributed by atoms with Gasteiger partial charge in [-0.15, -0.1) is 0 Å². The highest BCUT2D eigenvalue weighted by molar-refractivity contribution is 14.1. The van der Waals surface area contributed by atoms with E-state index in [0.29, 0.717) is 132 Å². The van der Waals surface area contributed by atoms with Crippen molar-refractivity contribution < 1.29 is 56.9 Å². The summed E-state index contributed by atoms with van der Waals surface area (Å²) >= 11 is 2.42. The molecule has 0 saturated carbocycles. The van der Waals surface area contributed by atoms with E-state index in [1.165, 1.54) is 23.7 Å².